The molecule has 10 aromatic heterocycles. The summed E-state index contributed by atoms with van der Waals surface area (Å²) in [5.41, 5.74) is 5.71. The highest BCUT2D eigenvalue weighted by molar-refractivity contribution is 6.34. The van der Waals surface area contributed by atoms with Crippen LogP contribution in [0.4, 0.5) is 39.4 Å². The first kappa shape index (κ1) is 91.1. The Hall–Kier alpha value is -14.8. The molecule has 1 saturated carbocycles. The average molecular weight is 1840 g/mol. The highest BCUT2D eigenvalue weighted by Crippen LogP contribution is 2.45. The van der Waals surface area contributed by atoms with Gasteiger partial charge in [0.1, 0.15) is 80.0 Å². The maximum absolute atomic E-state index is 16.1. The first-order valence-electron chi connectivity index (χ1n) is 44.0. The summed E-state index contributed by atoms with van der Waals surface area (Å²) in [6, 6.07) is 32.1. The molecule has 1 aliphatic carbocycles. The minimum Gasteiger partial charge on any atom is -0.464 e. The van der Waals surface area contributed by atoms with Crippen LogP contribution in [0.2, 0.25) is 5.02 Å². The molecule has 33 heteroatoms. The number of hydrogen-bond acceptors (Lipinski definition) is 21. The van der Waals surface area contributed by atoms with Gasteiger partial charge in [0.15, 0.2) is 11.6 Å². The van der Waals surface area contributed by atoms with Crippen LogP contribution < -0.4 is 31.8 Å². The molecule has 3 aliphatic heterocycles. The number of pyridine rings is 4. The van der Waals surface area contributed by atoms with Gasteiger partial charge in [-0.2, -0.15) is 20.2 Å². The number of hydrogen-bond donors (Lipinski definition) is 1. The second-order valence-corrected chi connectivity index (χ2v) is 35.0. The number of piperazine rings is 3. The third kappa shape index (κ3) is 17.1. The monoisotopic (exact) mass is 1830 g/mol. The van der Waals surface area contributed by atoms with Crippen molar-refractivity contribution >= 4 is 113 Å². The van der Waals surface area contributed by atoms with Crippen molar-refractivity contribution in [2.45, 2.75) is 130 Å². The number of carbonyl (C=O) groups is 3. The topological polar surface area (TPSA) is 310 Å². The summed E-state index contributed by atoms with van der Waals surface area (Å²) in [4.78, 5) is 122. The van der Waals surface area contributed by atoms with Crippen LogP contribution >= 0.6 is 11.6 Å². The van der Waals surface area contributed by atoms with Gasteiger partial charge in [0.05, 0.1) is 100 Å². The zero-order valence-corrected chi connectivity index (χ0v) is 75.5. The zero-order valence-electron chi connectivity index (χ0n) is 74.7. The summed E-state index contributed by atoms with van der Waals surface area (Å²) in [5.74, 6) is -2.85. The molecule has 0 spiro atoms. The standard InChI is InChI=1S/C34H30ClFN6O3.C34H33F2N5O4.C33H30F2N6O3/c1-5-28(43)40-12-13-41(20(4)17-40)33-24-15-26(35)30(29-27(36)10-9-21-11-14-45-31(21)29)38-32(24)42(34(44)39-33)18-25-22(16-37)7-6-8-23(25)19(2)3;1-5-28(43)39-12-13-40(20(4)16-39)33-24-15-27(36)30(29-26(35)10-9-21-11-14-45-31(21)29)37-32(24)41(34(44)38-33)17-25-22(18-42)7-6-8-23(25)19(2)3;1-4-26(42)39-12-13-40(19(3)16-39)32-22-15-25(35)29(27-24(34)8-7-21-10-14-44-30(21)27)37-31(22)41(33(43)38-32)17-23-18(2)9-11-36-28(23)20-5-6-20/h5-11,14-15,19-20H,1,12-13,17-18H2,2-4H3;5-11,14-15,19-20,42H,1,12-13,16-18H2,2-4H3;4,7-11,14-15,19-20H,1,5-6,12-13,16-17H2,2-3H3/t2*20-;19-/m000/s1. The van der Waals surface area contributed by atoms with Gasteiger partial charge >= 0.3 is 17.1 Å². The normalized spacial score (nSPS) is 15.9. The lowest BCUT2D eigenvalue weighted by atomic mass is 9.93. The number of nitrogens with zero attached hydrogens (tertiary/aromatic N) is 17. The van der Waals surface area contributed by atoms with Crippen molar-refractivity contribution in [1.82, 2.24) is 63.3 Å². The smallest absolute Gasteiger partial charge is 0.351 e. The first-order valence-corrected chi connectivity index (χ1v) is 44.4. The number of fused-ring (bicyclic) bond motifs is 6. The van der Waals surface area contributed by atoms with E-state index in [1.54, 1.807) is 69.4 Å². The second kappa shape index (κ2) is 37.4. The number of aryl methyl sites for hydroxylation is 1. The Kier molecular flexibility index (Phi) is 25.4. The minimum atomic E-state index is -0.815. The van der Waals surface area contributed by atoms with Gasteiger partial charge < -0.3 is 47.8 Å². The molecular weight excluding hydrogens is 1740 g/mol. The largest absolute Gasteiger partial charge is 0.464 e. The van der Waals surface area contributed by atoms with E-state index in [4.69, 9.17) is 29.8 Å². The molecule has 0 radical (unpaired) electrons. The van der Waals surface area contributed by atoms with Gasteiger partial charge in [0.2, 0.25) is 17.7 Å². The molecule has 13 heterocycles. The number of benzene rings is 5. The summed E-state index contributed by atoms with van der Waals surface area (Å²) in [6.45, 7) is 29.7. The molecule has 1 N–H and O–H groups in total. The Morgan fingerprint density at radius 3 is 1.27 bits per heavy atom. The van der Waals surface area contributed by atoms with E-state index in [0.717, 1.165) is 46.4 Å². The zero-order chi connectivity index (χ0) is 94.7. The second-order valence-electron chi connectivity index (χ2n) is 34.6. The van der Waals surface area contributed by atoms with E-state index in [-0.39, 0.29) is 163 Å². The molecule has 27 nitrogen and oxygen atoms in total. The molecule has 0 bridgehead atoms. The van der Waals surface area contributed by atoms with Crippen LogP contribution in [-0.4, -0.2) is 163 Å². The van der Waals surface area contributed by atoms with Crippen LogP contribution in [0.25, 0.3) is 99.8 Å². The third-order valence-electron chi connectivity index (χ3n) is 25.5. The van der Waals surface area contributed by atoms with Gasteiger partial charge in [-0.25, -0.2) is 51.3 Å². The molecule has 4 aliphatic rings. The Morgan fingerprint density at radius 1 is 0.500 bits per heavy atom. The van der Waals surface area contributed by atoms with Gasteiger partial charge in [0, 0.05) is 111 Å². The lowest BCUT2D eigenvalue weighted by Gasteiger charge is -2.40. The molecule has 15 aromatic rings. The molecule has 4 fully saturated rings. The van der Waals surface area contributed by atoms with Gasteiger partial charge in [0.25, 0.3) is 0 Å². The molecule has 3 saturated heterocycles. The highest BCUT2D eigenvalue weighted by atomic mass is 35.5. The van der Waals surface area contributed by atoms with Gasteiger partial charge in [-0.3, -0.25) is 33.1 Å². The lowest BCUT2D eigenvalue weighted by Crippen LogP contribution is -2.54. The average Bonchev–Trinajstić information content (AvgIpc) is 0.833. The predicted octanol–water partition coefficient (Wildman–Crippen LogP) is 17.0. The Morgan fingerprint density at radius 2 is 0.881 bits per heavy atom. The first-order chi connectivity index (χ1) is 64.5. The number of furan rings is 3. The molecule has 134 heavy (non-hydrogen) atoms. The number of aromatic nitrogens is 10. The number of amides is 3. The minimum absolute atomic E-state index is 0.00443. The predicted molar refractivity (Wildman–Crippen MR) is 503 cm³/mol. The van der Waals surface area contributed by atoms with Gasteiger partial charge in [-0.05, 0) is 194 Å². The molecule has 684 valence electrons. The molecule has 19 rings (SSSR count). The number of halogens is 6. The molecule has 0 unspecified atom stereocenters. The number of carbonyl (C=O) groups excluding carboxylic acids is 3. The summed E-state index contributed by atoms with van der Waals surface area (Å²) < 4.78 is 99.3. The van der Waals surface area contributed by atoms with Crippen molar-refractivity contribution in [2.24, 2.45) is 0 Å². The Labute approximate surface area is 769 Å². The Balaban J connectivity index is 0.000000140. The fourth-order valence-electron chi connectivity index (χ4n) is 18.5. The van der Waals surface area contributed by atoms with E-state index >= 15 is 22.0 Å². The van der Waals surface area contributed by atoms with Crippen LogP contribution in [0.1, 0.15) is 129 Å². The quantitative estimate of drug-likeness (QED) is 0.0581. The highest BCUT2D eigenvalue weighted by Gasteiger charge is 2.37. The van der Waals surface area contributed by atoms with Crippen LogP contribution in [0, 0.1) is 47.3 Å². The van der Waals surface area contributed by atoms with Gasteiger partial charge in [-0.15, -0.1) is 0 Å². The van der Waals surface area contributed by atoms with Crippen molar-refractivity contribution in [1.29, 1.82) is 5.26 Å². The summed E-state index contributed by atoms with van der Waals surface area (Å²) in [7, 11) is 0. The molecule has 3 atom stereocenters. The van der Waals surface area contributed by atoms with E-state index in [1.165, 1.54) is 87.1 Å². The van der Waals surface area contributed by atoms with Crippen molar-refractivity contribution in [3.63, 3.8) is 0 Å². The number of anilines is 3. The van der Waals surface area contributed by atoms with Gasteiger partial charge in [-0.1, -0.05) is 89.4 Å². The van der Waals surface area contributed by atoms with Crippen molar-refractivity contribution < 1.29 is 54.7 Å². The van der Waals surface area contributed by atoms with E-state index in [1.807, 2.05) is 100 Å². The van der Waals surface area contributed by atoms with Crippen LogP contribution in [-0.2, 0) is 40.6 Å². The summed E-state index contributed by atoms with van der Waals surface area (Å²) in [6.07, 6.45) is 11.9. The molecular formula is C101H93ClF5N17O10. The number of aliphatic hydroxyl groups is 1. The van der Waals surface area contributed by atoms with Crippen molar-refractivity contribution in [3.8, 4) is 39.8 Å². The van der Waals surface area contributed by atoms with Crippen LogP contribution in [0.3, 0.4) is 0 Å². The summed E-state index contributed by atoms with van der Waals surface area (Å²) >= 11 is 6.86. The van der Waals surface area contributed by atoms with Crippen LogP contribution in [0.5, 0.6) is 0 Å². The molecule has 3 amide bonds. The number of rotatable bonds is 19. The maximum atomic E-state index is 16.1. The fraction of sp³-hybridized carbons (Fsp3) is 0.287. The van der Waals surface area contributed by atoms with E-state index in [9.17, 15) is 39.1 Å². The lowest BCUT2D eigenvalue weighted by molar-refractivity contribution is -0.127. The summed E-state index contributed by atoms with van der Waals surface area (Å²) in [5, 5.41) is 23.2. The van der Waals surface area contributed by atoms with E-state index in [0.29, 0.717) is 114 Å². The van der Waals surface area contributed by atoms with Crippen molar-refractivity contribution in [3.05, 3.63) is 294 Å². The molecule has 5 aromatic carbocycles. The number of nitriles is 1. The van der Waals surface area contributed by atoms with Crippen molar-refractivity contribution in [2.75, 3.05) is 73.6 Å². The third-order valence-corrected chi connectivity index (χ3v) is 25.8. The maximum Gasteiger partial charge on any atom is 0.351 e. The fourth-order valence-corrected chi connectivity index (χ4v) is 18.8. The number of aliphatic hydroxyl groups excluding tert-OH is 1. The Bertz CT molecular complexity index is 7540. The van der Waals surface area contributed by atoms with E-state index in [2.05, 4.69) is 55.7 Å². The van der Waals surface area contributed by atoms with Crippen LogP contribution in [0.15, 0.2) is 206 Å². The van der Waals surface area contributed by atoms with E-state index < -0.39 is 46.2 Å². The SMILES string of the molecule is C=CC(=O)N1CCN(c2nc(=O)n(Cc3c(C#N)cccc3C(C)C)c3nc(-c4c(F)ccc5ccoc45)c(Cl)cc23)[C@@H](C)C1.C=CC(=O)N1CCN(c2nc(=O)n(Cc3c(C)ccnc3C3CC3)c3nc(-c4c(F)ccc5ccoc45)c(F)cc23)[C@@H](C)C1.C=CC(=O)N1CCN(c2nc(=O)n(Cc3c(CO)cccc3C(C)C)c3nc(-c4c(F)ccc5ccoc45)c(F)cc23)[C@@H](C)C1.